The van der Waals surface area contributed by atoms with E-state index in [1.165, 1.54) is 0 Å². The van der Waals surface area contributed by atoms with E-state index in [0.717, 1.165) is 37.0 Å². The van der Waals surface area contributed by atoms with Gasteiger partial charge in [-0.2, -0.15) is 0 Å². The first-order chi connectivity index (χ1) is 12.7. The van der Waals surface area contributed by atoms with E-state index in [1.807, 2.05) is 39.9 Å². The summed E-state index contributed by atoms with van der Waals surface area (Å²) in [5.41, 5.74) is 1.88. The third-order valence-corrected chi connectivity index (χ3v) is 5.15. The number of fused-ring (bicyclic) bond motifs is 1. The van der Waals surface area contributed by atoms with Gasteiger partial charge in [0.25, 0.3) is 0 Å². The van der Waals surface area contributed by atoms with Gasteiger partial charge < -0.3 is 19.9 Å². The van der Waals surface area contributed by atoms with Crippen LogP contribution in [0.5, 0.6) is 0 Å². The molecule has 2 aliphatic rings. The zero-order chi connectivity index (χ0) is 17.9. The molecule has 2 aromatic heterocycles. The van der Waals surface area contributed by atoms with Gasteiger partial charge >= 0.3 is 6.03 Å². The minimum Gasteiger partial charge on any atom is -0.353 e. The molecule has 0 radical (unpaired) electrons. The molecule has 3 heterocycles. The Labute approximate surface area is 152 Å². The molecule has 1 saturated heterocycles. The largest absolute Gasteiger partial charge is 0.353 e. The number of carbonyl (C=O) groups is 2. The number of pyridine rings is 1. The Morgan fingerprint density at radius 2 is 1.96 bits per heavy atom. The molecule has 1 aliphatic heterocycles. The van der Waals surface area contributed by atoms with Crippen LogP contribution in [-0.4, -0.2) is 51.9 Å². The number of hydrogen-bond donors (Lipinski definition) is 2. The molecule has 2 aromatic rings. The fraction of sp³-hybridized carbons (Fsp3) is 0.526. The zero-order valence-electron chi connectivity index (χ0n) is 14.9. The molecule has 1 aliphatic carbocycles. The molecule has 26 heavy (non-hydrogen) atoms. The number of rotatable bonds is 5. The number of nitrogens with one attached hydrogen (secondary N) is 2. The first-order valence-electron chi connectivity index (χ1n) is 9.45. The summed E-state index contributed by atoms with van der Waals surface area (Å²) in [6, 6.07) is 6.25. The van der Waals surface area contributed by atoms with Gasteiger partial charge in [-0.25, -0.2) is 9.78 Å². The average molecular weight is 355 g/mol. The van der Waals surface area contributed by atoms with E-state index in [-0.39, 0.29) is 17.9 Å². The number of urea groups is 1. The highest BCUT2D eigenvalue weighted by molar-refractivity contribution is 5.80. The maximum atomic E-state index is 12.3. The number of amides is 3. The van der Waals surface area contributed by atoms with Crippen molar-refractivity contribution in [3.8, 4) is 0 Å². The summed E-state index contributed by atoms with van der Waals surface area (Å²) in [5, 5.41) is 6.03. The van der Waals surface area contributed by atoms with Crippen LogP contribution in [0.25, 0.3) is 5.65 Å². The van der Waals surface area contributed by atoms with Gasteiger partial charge in [0.1, 0.15) is 5.65 Å². The molecule has 7 nitrogen and oxygen atoms in total. The summed E-state index contributed by atoms with van der Waals surface area (Å²) in [4.78, 5) is 30.7. The van der Waals surface area contributed by atoms with Crippen LogP contribution in [0.1, 0.15) is 31.4 Å². The predicted molar refractivity (Wildman–Crippen MR) is 97.8 cm³/mol. The van der Waals surface area contributed by atoms with Crippen LogP contribution in [0.3, 0.4) is 0 Å². The highest BCUT2D eigenvalue weighted by atomic mass is 16.2. The van der Waals surface area contributed by atoms with Crippen LogP contribution < -0.4 is 10.6 Å². The Kier molecular flexibility index (Phi) is 4.77. The minimum absolute atomic E-state index is 0.0465. The smallest absolute Gasteiger partial charge is 0.317 e. The van der Waals surface area contributed by atoms with Crippen molar-refractivity contribution in [2.45, 2.75) is 38.1 Å². The van der Waals surface area contributed by atoms with Crippen molar-refractivity contribution >= 4 is 17.6 Å². The van der Waals surface area contributed by atoms with Gasteiger partial charge in [0.15, 0.2) is 0 Å². The van der Waals surface area contributed by atoms with E-state index in [1.54, 1.807) is 0 Å². The summed E-state index contributed by atoms with van der Waals surface area (Å²) in [6.07, 6.45) is 8.38. The molecule has 138 valence electrons. The van der Waals surface area contributed by atoms with E-state index in [0.29, 0.717) is 32.1 Å². The van der Waals surface area contributed by atoms with Gasteiger partial charge in [-0.05, 0) is 37.8 Å². The lowest BCUT2D eigenvalue weighted by atomic mass is 9.96. The highest BCUT2D eigenvalue weighted by Gasteiger charge is 2.30. The Balaban J connectivity index is 1.19. The number of hydrogen-bond acceptors (Lipinski definition) is 3. The number of piperidine rings is 1. The number of likely N-dealkylation sites (tertiary alicyclic amines) is 1. The molecule has 3 amide bonds. The number of aromatic nitrogens is 2. The van der Waals surface area contributed by atoms with Gasteiger partial charge in [0, 0.05) is 50.4 Å². The lowest BCUT2D eigenvalue weighted by molar-refractivity contribution is -0.126. The second-order valence-corrected chi connectivity index (χ2v) is 7.22. The van der Waals surface area contributed by atoms with Crippen molar-refractivity contribution in [1.82, 2.24) is 24.9 Å². The van der Waals surface area contributed by atoms with Crippen LogP contribution in [0.15, 0.2) is 30.6 Å². The van der Waals surface area contributed by atoms with Crippen LogP contribution >= 0.6 is 0 Å². The second kappa shape index (κ2) is 7.35. The van der Waals surface area contributed by atoms with Crippen LogP contribution in [0.4, 0.5) is 4.79 Å². The number of carbonyl (C=O) groups excluding carboxylic acids is 2. The van der Waals surface area contributed by atoms with Crippen molar-refractivity contribution in [2.75, 3.05) is 19.6 Å². The van der Waals surface area contributed by atoms with Crippen LogP contribution in [0.2, 0.25) is 0 Å². The third kappa shape index (κ3) is 3.98. The average Bonchev–Trinajstić information content (AvgIpc) is 3.37. The molecule has 7 heteroatoms. The van der Waals surface area contributed by atoms with Gasteiger partial charge in [0.05, 0.1) is 5.69 Å². The van der Waals surface area contributed by atoms with Crippen LogP contribution in [0, 0.1) is 5.92 Å². The molecule has 1 saturated carbocycles. The fourth-order valence-corrected chi connectivity index (χ4v) is 3.41. The molecule has 2 N–H and O–H groups in total. The Bertz CT molecular complexity index is 757. The van der Waals surface area contributed by atoms with Crippen molar-refractivity contribution < 1.29 is 9.59 Å². The first-order valence-corrected chi connectivity index (χ1v) is 9.45. The van der Waals surface area contributed by atoms with Crippen molar-refractivity contribution in [3.63, 3.8) is 0 Å². The molecule has 0 aromatic carbocycles. The van der Waals surface area contributed by atoms with Gasteiger partial charge in [-0.1, -0.05) is 6.07 Å². The third-order valence-electron chi connectivity index (χ3n) is 5.15. The maximum absolute atomic E-state index is 12.3. The lowest BCUT2D eigenvalue weighted by Crippen LogP contribution is -2.47. The molecule has 2 fully saturated rings. The molecule has 4 rings (SSSR count). The van der Waals surface area contributed by atoms with Crippen molar-refractivity contribution in [1.29, 1.82) is 0 Å². The topological polar surface area (TPSA) is 78.7 Å². The molecule has 0 unspecified atom stereocenters. The molecule has 0 atom stereocenters. The van der Waals surface area contributed by atoms with Crippen molar-refractivity contribution in [2.24, 2.45) is 5.92 Å². The van der Waals surface area contributed by atoms with Gasteiger partial charge in [-0.3, -0.25) is 4.79 Å². The summed E-state index contributed by atoms with van der Waals surface area (Å²) >= 11 is 0. The lowest BCUT2D eigenvalue weighted by Gasteiger charge is -2.31. The quantitative estimate of drug-likeness (QED) is 0.855. The zero-order valence-corrected chi connectivity index (χ0v) is 14.9. The van der Waals surface area contributed by atoms with E-state index in [9.17, 15) is 9.59 Å². The Morgan fingerprint density at radius 3 is 2.69 bits per heavy atom. The normalized spacial score (nSPS) is 18.1. The van der Waals surface area contributed by atoms with E-state index in [4.69, 9.17) is 0 Å². The Hall–Kier alpha value is -2.57. The standard InChI is InChI=1S/C19H25N5O2/c25-18(22-15-4-5-15)14-7-11-23(12-8-14)19(26)20-9-6-16-13-24-10-2-1-3-17(24)21-16/h1-3,10,13-15H,4-9,11-12H2,(H,20,26)(H,22,25). The monoisotopic (exact) mass is 355 g/mol. The van der Waals surface area contributed by atoms with Gasteiger partial charge in [-0.15, -0.1) is 0 Å². The van der Waals surface area contributed by atoms with E-state index >= 15 is 0 Å². The minimum atomic E-state index is -0.0465. The molecule has 0 bridgehead atoms. The maximum Gasteiger partial charge on any atom is 0.317 e. The van der Waals surface area contributed by atoms with E-state index < -0.39 is 0 Å². The van der Waals surface area contributed by atoms with E-state index in [2.05, 4.69) is 15.6 Å². The number of imidazole rings is 1. The van der Waals surface area contributed by atoms with Crippen LogP contribution in [-0.2, 0) is 11.2 Å². The Morgan fingerprint density at radius 1 is 1.15 bits per heavy atom. The highest BCUT2D eigenvalue weighted by Crippen LogP contribution is 2.22. The summed E-state index contributed by atoms with van der Waals surface area (Å²) in [7, 11) is 0. The summed E-state index contributed by atoms with van der Waals surface area (Å²) in [6.45, 7) is 1.84. The van der Waals surface area contributed by atoms with Gasteiger partial charge in [0.2, 0.25) is 5.91 Å². The first kappa shape index (κ1) is 16.9. The second-order valence-electron chi connectivity index (χ2n) is 7.22. The molecular formula is C19H25N5O2. The summed E-state index contributed by atoms with van der Waals surface area (Å²) < 4.78 is 1.98. The number of nitrogens with zero attached hydrogens (tertiary/aromatic N) is 3. The fourth-order valence-electron chi connectivity index (χ4n) is 3.41. The SMILES string of the molecule is O=C(NC1CC1)C1CCN(C(=O)NCCc2cn3ccccc3n2)CC1. The molecule has 0 spiro atoms. The summed E-state index contributed by atoms with van der Waals surface area (Å²) in [5.74, 6) is 0.219. The van der Waals surface area contributed by atoms with Crippen molar-refractivity contribution in [3.05, 3.63) is 36.3 Å². The molecular weight excluding hydrogens is 330 g/mol. The predicted octanol–water partition coefficient (Wildman–Crippen LogP) is 1.58.